The fraction of sp³-hybridized carbons (Fsp3) is 0.290. The van der Waals surface area contributed by atoms with Gasteiger partial charge in [-0.05, 0) is 158 Å². The van der Waals surface area contributed by atoms with Gasteiger partial charge in [-0.3, -0.25) is 0 Å². The van der Waals surface area contributed by atoms with E-state index in [9.17, 15) is 0 Å². The Labute approximate surface area is 478 Å². The number of fused-ring (bicyclic) bond motifs is 4. The summed E-state index contributed by atoms with van der Waals surface area (Å²) in [6.07, 6.45) is 12.9. The third-order valence-corrected chi connectivity index (χ3v) is 25.6. The van der Waals surface area contributed by atoms with E-state index in [4.69, 9.17) is 9.47 Å². The number of aryl methyl sites for hydroxylation is 2. The van der Waals surface area contributed by atoms with Gasteiger partial charge in [-0.15, -0.1) is 90.7 Å². The highest BCUT2D eigenvalue weighted by atomic mass is 32.2. The fourth-order valence-electron chi connectivity index (χ4n) is 9.69. The van der Waals surface area contributed by atoms with Crippen LogP contribution in [-0.4, -0.2) is 14.2 Å². The van der Waals surface area contributed by atoms with Crippen molar-refractivity contribution < 1.29 is 9.47 Å². The Morgan fingerprint density at radius 1 is 0.311 bits per heavy atom. The van der Waals surface area contributed by atoms with Gasteiger partial charge >= 0.3 is 0 Å². The van der Waals surface area contributed by atoms with Gasteiger partial charge in [-0.1, -0.05) is 52.4 Å². The fourth-order valence-corrected chi connectivity index (χ4v) is 20.3. The predicted octanol–water partition coefficient (Wildman–Crippen LogP) is 23.0. The standard InChI is InChI=1S/C62H60O2S10/c1-5-7-9-11-13-45-15-17-49(67-45)51-23-25-57(71-51)59-29-27-55(73-59)53-21-19-47(69-53)39-31-41-35-65-37-43-33-40(34-44(62(43)64-4)38-66-36-42(32-39)61(41)63-3)48-20-22-54(70-48)56-28-30-60(74-56)58-26-24-52(72-58)50-18-16-46(68-50)14-12-10-8-6-2/h15-34H,5-14,35-38H2,1-4H3. The molecule has 74 heavy (non-hydrogen) atoms. The van der Waals surface area contributed by atoms with Gasteiger partial charge in [0.05, 0.1) is 14.2 Å². The summed E-state index contributed by atoms with van der Waals surface area (Å²) in [5.41, 5.74) is 7.56. The molecule has 0 N–H and O–H groups in total. The van der Waals surface area contributed by atoms with Crippen LogP contribution in [0.25, 0.3) is 79.4 Å². The molecule has 380 valence electrons. The van der Waals surface area contributed by atoms with E-state index in [0.29, 0.717) is 0 Å². The van der Waals surface area contributed by atoms with Gasteiger partial charge in [0.15, 0.2) is 0 Å². The van der Waals surface area contributed by atoms with Crippen LogP contribution in [-0.2, 0) is 35.9 Å². The van der Waals surface area contributed by atoms with Crippen molar-refractivity contribution in [2.45, 2.75) is 101 Å². The molecule has 0 aliphatic carbocycles. The van der Waals surface area contributed by atoms with E-state index in [-0.39, 0.29) is 0 Å². The Morgan fingerprint density at radius 2 is 0.568 bits per heavy atom. The predicted molar refractivity (Wildman–Crippen MR) is 338 cm³/mol. The van der Waals surface area contributed by atoms with E-state index in [2.05, 4.69) is 135 Å². The molecular formula is C62H60O2S10. The maximum Gasteiger partial charge on any atom is 0.126 e. The number of thiophene rings is 8. The molecule has 0 radical (unpaired) electrons. The zero-order valence-electron chi connectivity index (χ0n) is 42.3. The van der Waals surface area contributed by atoms with Crippen LogP contribution < -0.4 is 9.47 Å². The molecule has 4 bridgehead atoms. The van der Waals surface area contributed by atoms with Crippen LogP contribution >= 0.6 is 114 Å². The zero-order valence-corrected chi connectivity index (χ0v) is 50.5. The smallest absolute Gasteiger partial charge is 0.126 e. The third kappa shape index (κ3) is 12.1. The first kappa shape index (κ1) is 52.4. The Hall–Kier alpha value is -3.66. The zero-order chi connectivity index (χ0) is 50.4. The highest BCUT2D eigenvalue weighted by molar-refractivity contribution is 7.98. The molecule has 11 rings (SSSR count). The molecule has 1 aliphatic heterocycles. The van der Waals surface area contributed by atoms with Gasteiger partial charge in [-0.25, -0.2) is 0 Å². The van der Waals surface area contributed by atoms with Gasteiger partial charge < -0.3 is 9.47 Å². The topological polar surface area (TPSA) is 18.5 Å². The van der Waals surface area contributed by atoms with Crippen LogP contribution in [0, 0.1) is 0 Å². The lowest BCUT2D eigenvalue weighted by atomic mass is 10.0. The number of hydrogen-bond donors (Lipinski definition) is 0. The minimum Gasteiger partial charge on any atom is -0.496 e. The highest BCUT2D eigenvalue weighted by Gasteiger charge is 2.21. The second-order valence-electron chi connectivity index (χ2n) is 18.8. The number of rotatable bonds is 20. The van der Waals surface area contributed by atoms with Crippen molar-refractivity contribution in [3.63, 3.8) is 0 Å². The van der Waals surface area contributed by atoms with E-state index in [0.717, 1.165) is 34.5 Å². The number of methoxy groups -OCH3 is 2. The van der Waals surface area contributed by atoms with Crippen LogP contribution in [0.15, 0.2) is 121 Å². The molecule has 2 nitrogen and oxygen atoms in total. The van der Waals surface area contributed by atoms with Crippen molar-refractivity contribution in [1.29, 1.82) is 0 Å². The molecule has 0 unspecified atom stereocenters. The maximum atomic E-state index is 6.22. The molecule has 0 fully saturated rings. The normalized spacial score (nSPS) is 12.8. The molecular weight excluding hydrogens is 1100 g/mol. The molecule has 9 heterocycles. The lowest BCUT2D eigenvalue weighted by Gasteiger charge is -2.19. The molecule has 2 aromatic carbocycles. The summed E-state index contributed by atoms with van der Waals surface area (Å²) in [5, 5.41) is 0. The van der Waals surface area contributed by atoms with E-state index >= 15 is 0 Å². The minimum atomic E-state index is 0.849. The van der Waals surface area contributed by atoms with Crippen molar-refractivity contribution in [3.8, 4) is 90.9 Å². The molecule has 12 heteroatoms. The average Bonchev–Trinajstić information content (AvgIpc) is 4.25. The lowest BCUT2D eigenvalue weighted by Crippen LogP contribution is -2.01. The van der Waals surface area contributed by atoms with Crippen molar-refractivity contribution in [1.82, 2.24) is 0 Å². The first-order valence-corrected chi connectivity index (χ1v) is 34.6. The Morgan fingerprint density at radius 3 is 0.851 bits per heavy atom. The van der Waals surface area contributed by atoms with Gasteiger partial charge in [0.2, 0.25) is 0 Å². The van der Waals surface area contributed by atoms with Crippen LogP contribution in [0.4, 0.5) is 0 Å². The average molecular weight is 1160 g/mol. The third-order valence-electron chi connectivity index (χ3n) is 13.5. The Bertz CT molecular complexity index is 3170. The first-order valence-electron chi connectivity index (χ1n) is 25.8. The summed E-state index contributed by atoms with van der Waals surface area (Å²) in [6.45, 7) is 4.57. The summed E-state index contributed by atoms with van der Waals surface area (Å²) < 4.78 is 12.4. The first-order chi connectivity index (χ1) is 36.4. The molecule has 0 saturated heterocycles. The highest BCUT2D eigenvalue weighted by Crippen LogP contribution is 2.48. The number of unbranched alkanes of at least 4 members (excludes halogenated alkanes) is 6. The Kier molecular flexibility index (Phi) is 17.5. The summed E-state index contributed by atoms with van der Waals surface area (Å²) in [7, 11) is 3.67. The second kappa shape index (κ2) is 24.8. The molecule has 0 saturated carbocycles. The van der Waals surface area contributed by atoms with Crippen LogP contribution in [0.1, 0.15) is 97.2 Å². The van der Waals surface area contributed by atoms with Gasteiger partial charge in [-0.2, -0.15) is 23.5 Å². The van der Waals surface area contributed by atoms with Crippen LogP contribution in [0.5, 0.6) is 11.5 Å². The molecule has 1 aliphatic rings. The molecule has 0 spiro atoms. The largest absolute Gasteiger partial charge is 0.496 e. The molecule has 10 aromatic rings. The SMILES string of the molecule is CCCCCCc1ccc(-c2ccc(-c3ccc(-c4ccc(-c5cc6c(OC)c(c5)CSCc5cc(-c7ccc(-c8ccc(-c9ccc(-c%10ccc(CCCCCC)s%10)s9)s8)s7)cc(c5OC)CSC6)s4)s3)s2)s1. The monoisotopic (exact) mass is 1160 g/mol. The van der Waals surface area contributed by atoms with Gasteiger partial charge in [0, 0.05) is 123 Å². The van der Waals surface area contributed by atoms with E-state index in [1.165, 1.54) is 176 Å². The number of hydrogen-bond acceptors (Lipinski definition) is 12. The molecule has 0 amide bonds. The second-order valence-corrected chi connectivity index (χ2v) is 29.6. The molecule has 8 aromatic heterocycles. The Balaban J connectivity index is 0.768. The minimum absolute atomic E-state index is 0.849. The summed E-state index contributed by atoms with van der Waals surface area (Å²) in [6, 6.07) is 46.6. The quantitative estimate of drug-likeness (QED) is 0.0708. The number of thioether (sulfide) groups is 2. The number of ether oxygens (including phenoxy) is 2. The van der Waals surface area contributed by atoms with Gasteiger partial charge in [0.25, 0.3) is 0 Å². The van der Waals surface area contributed by atoms with Crippen molar-refractivity contribution in [3.05, 3.63) is 153 Å². The van der Waals surface area contributed by atoms with Crippen molar-refractivity contribution >= 4 is 114 Å². The van der Waals surface area contributed by atoms with Crippen LogP contribution in [0.2, 0.25) is 0 Å². The van der Waals surface area contributed by atoms with Crippen LogP contribution in [0.3, 0.4) is 0 Å². The van der Waals surface area contributed by atoms with Crippen molar-refractivity contribution in [2.24, 2.45) is 0 Å². The van der Waals surface area contributed by atoms with Gasteiger partial charge in [0.1, 0.15) is 11.5 Å². The summed E-state index contributed by atoms with van der Waals surface area (Å²) in [4.78, 5) is 21.8. The van der Waals surface area contributed by atoms with E-state index in [1.54, 1.807) is 0 Å². The summed E-state index contributed by atoms with van der Waals surface area (Å²) >= 11 is 19.3. The maximum absolute atomic E-state index is 6.22. The van der Waals surface area contributed by atoms with E-state index < -0.39 is 0 Å². The van der Waals surface area contributed by atoms with E-state index in [1.807, 2.05) is 128 Å². The lowest BCUT2D eigenvalue weighted by molar-refractivity contribution is 0.407. The van der Waals surface area contributed by atoms with Crippen molar-refractivity contribution in [2.75, 3.05) is 14.2 Å². The number of benzene rings is 2. The summed E-state index contributed by atoms with van der Waals surface area (Å²) in [5.74, 6) is 5.45. The molecule has 0 atom stereocenters.